The van der Waals surface area contributed by atoms with Gasteiger partial charge in [0.25, 0.3) is 0 Å². The third-order valence-electron chi connectivity index (χ3n) is 4.61. The minimum atomic E-state index is -1.05. The maximum absolute atomic E-state index is 13.0. The molecule has 28 heavy (non-hydrogen) atoms. The molecule has 0 amide bonds. The van der Waals surface area contributed by atoms with Crippen molar-refractivity contribution in [3.63, 3.8) is 0 Å². The number of carboxylic acids is 1. The molecule has 0 saturated heterocycles. The highest BCUT2D eigenvalue weighted by Crippen LogP contribution is 2.31. The number of carbonyl (C=O) groups is 2. The zero-order valence-electron chi connectivity index (χ0n) is 15.7. The average Bonchev–Trinajstić information content (AvgIpc) is 2.72. The fourth-order valence-electron chi connectivity index (χ4n) is 3.10. The summed E-state index contributed by atoms with van der Waals surface area (Å²) in [5.41, 5.74) is 3.84. The number of anilines is 2. The summed E-state index contributed by atoms with van der Waals surface area (Å²) in [4.78, 5) is 24.0. The molecule has 0 heterocycles. The predicted octanol–water partition coefficient (Wildman–Crippen LogP) is 5.01. The molecular weight excluding hydrogens is 354 g/mol. The molecule has 3 rings (SSSR count). The van der Waals surface area contributed by atoms with Crippen LogP contribution in [0.1, 0.15) is 44.3 Å². The molecule has 2 N–H and O–H groups in total. The number of ketones is 1. The summed E-state index contributed by atoms with van der Waals surface area (Å²) >= 11 is 0. The van der Waals surface area contributed by atoms with E-state index in [9.17, 15) is 14.8 Å². The molecular formula is C23H21NO4. The van der Waals surface area contributed by atoms with E-state index >= 15 is 0 Å². The summed E-state index contributed by atoms with van der Waals surface area (Å²) in [6, 6.07) is 18.3. The SMILES string of the molecule is CCc1cc(C)ccc1N(O)c1ccccc1C(=O)c1ccc(C(=O)O)cc1. The third-order valence-corrected chi connectivity index (χ3v) is 4.61. The van der Waals surface area contributed by atoms with Crippen LogP contribution in [0.3, 0.4) is 0 Å². The molecule has 0 saturated carbocycles. The van der Waals surface area contributed by atoms with E-state index in [2.05, 4.69) is 0 Å². The van der Waals surface area contributed by atoms with E-state index in [1.165, 1.54) is 24.3 Å². The second-order valence-electron chi connectivity index (χ2n) is 6.53. The molecule has 0 aliphatic heterocycles. The van der Waals surface area contributed by atoms with Gasteiger partial charge >= 0.3 is 5.97 Å². The number of nitrogens with zero attached hydrogens (tertiary/aromatic N) is 1. The van der Waals surface area contributed by atoms with E-state index in [1.807, 2.05) is 32.0 Å². The second-order valence-corrected chi connectivity index (χ2v) is 6.53. The summed E-state index contributed by atoms with van der Waals surface area (Å²) in [7, 11) is 0. The quantitative estimate of drug-likeness (QED) is 0.467. The smallest absolute Gasteiger partial charge is 0.335 e. The van der Waals surface area contributed by atoms with Gasteiger partial charge < -0.3 is 5.11 Å². The van der Waals surface area contributed by atoms with Gasteiger partial charge in [-0.3, -0.25) is 10.0 Å². The van der Waals surface area contributed by atoms with Crippen molar-refractivity contribution in [1.82, 2.24) is 0 Å². The Hall–Kier alpha value is -3.44. The van der Waals surface area contributed by atoms with Crippen LogP contribution >= 0.6 is 0 Å². The molecule has 0 aliphatic carbocycles. The summed E-state index contributed by atoms with van der Waals surface area (Å²) in [5.74, 6) is -1.34. The van der Waals surface area contributed by atoms with Crippen LogP contribution in [0.15, 0.2) is 66.7 Å². The zero-order valence-corrected chi connectivity index (χ0v) is 15.7. The summed E-state index contributed by atoms with van der Waals surface area (Å²) < 4.78 is 0. The van der Waals surface area contributed by atoms with Crippen LogP contribution in [0.2, 0.25) is 0 Å². The maximum Gasteiger partial charge on any atom is 0.335 e. The maximum atomic E-state index is 13.0. The van der Waals surface area contributed by atoms with E-state index in [1.54, 1.807) is 24.3 Å². The molecule has 3 aromatic carbocycles. The molecule has 0 unspecified atom stereocenters. The van der Waals surface area contributed by atoms with E-state index in [0.717, 1.165) is 22.6 Å². The van der Waals surface area contributed by atoms with E-state index in [4.69, 9.17) is 5.11 Å². The number of carboxylic acid groups (broad SMARTS) is 1. The van der Waals surface area contributed by atoms with Crippen molar-refractivity contribution in [1.29, 1.82) is 0 Å². The number of carbonyl (C=O) groups excluding carboxylic acids is 1. The summed E-state index contributed by atoms with van der Waals surface area (Å²) in [6.07, 6.45) is 0.737. The highest BCUT2D eigenvalue weighted by molar-refractivity contribution is 6.13. The Morgan fingerprint density at radius 3 is 2.18 bits per heavy atom. The molecule has 0 atom stereocenters. The molecule has 142 valence electrons. The standard InChI is InChI=1S/C23H21NO4/c1-3-16-14-15(2)8-13-20(16)24(28)21-7-5-4-6-19(21)22(25)17-9-11-18(12-10-17)23(26)27/h4-14,28H,3H2,1-2H3,(H,26,27). The fourth-order valence-corrected chi connectivity index (χ4v) is 3.10. The molecule has 3 aromatic rings. The molecule has 0 bridgehead atoms. The molecule has 0 radical (unpaired) electrons. The van der Waals surface area contributed by atoms with Gasteiger partial charge in [-0.2, -0.15) is 0 Å². The van der Waals surface area contributed by atoms with E-state index < -0.39 is 5.97 Å². The van der Waals surface area contributed by atoms with Crippen molar-refractivity contribution < 1.29 is 19.9 Å². The van der Waals surface area contributed by atoms with Crippen LogP contribution in [0.4, 0.5) is 11.4 Å². The van der Waals surface area contributed by atoms with Crippen LogP contribution in [0.5, 0.6) is 0 Å². The molecule has 0 fully saturated rings. The lowest BCUT2D eigenvalue weighted by Gasteiger charge is -2.22. The van der Waals surface area contributed by atoms with Gasteiger partial charge in [0, 0.05) is 11.1 Å². The first-order valence-corrected chi connectivity index (χ1v) is 8.98. The topological polar surface area (TPSA) is 77.8 Å². The number of benzene rings is 3. The van der Waals surface area contributed by atoms with Gasteiger partial charge in [0.05, 0.1) is 16.9 Å². The van der Waals surface area contributed by atoms with Crippen LogP contribution in [0, 0.1) is 6.92 Å². The lowest BCUT2D eigenvalue weighted by Crippen LogP contribution is -2.17. The predicted molar refractivity (Wildman–Crippen MR) is 108 cm³/mol. The number of para-hydroxylation sites is 1. The van der Waals surface area contributed by atoms with E-state index in [-0.39, 0.29) is 11.3 Å². The van der Waals surface area contributed by atoms with Crippen molar-refractivity contribution >= 4 is 23.1 Å². The Balaban J connectivity index is 2.01. The second kappa shape index (κ2) is 8.06. The largest absolute Gasteiger partial charge is 0.478 e. The highest BCUT2D eigenvalue weighted by atomic mass is 16.5. The van der Waals surface area contributed by atoms with Crippen LogP contribution in [-0.4, -0.2) is 22.1 Å². The number of rotatable bonds is 6. The van der Waals surface area contributed by atoms with Gasteiger partial charge in [-0.25, -0.2) is 9.86 Å². The Labute approximate surface area is 163 Å². The molecule has 0 aliphatic rings. The third kappa shape index (κ3) is 3.80. The molecule has 0 aromatic heterocycles. The van der Waals surface area contributed by atoms with Crippen LogP contribution in [0.25, 0.3) is 0 Å². The molecule has 0 spiro atoms. The Bertz CT molecular complexity index is 1030. The zero-order chi connectivity index (χ0) is 20.3. The van der Waals surface area contributed by atoms with Gasteiger partial charge in [0.15, 0.2) is 5.78 Å². The van der Waals surface area contributed by atoms with Crippen molar-refractivity contribution in [3.8, 4) is 0 Å². The average molecular weight is 375 g/mol. The minimum Gasteiger partial charge on any atom is -0.478 e. The van der Waals surface area contributed by atoms with Gasteiger partial charge in [0.1, 0.15) is 0 Å². The van der Waals surface area contributed by atoms with Crippen molar-refractivity contribution in [3.05, 3.63) is 94.5 Å². The first-order chi connectivity index (χ1) is 13.4. The summed E-state index contributed by atoms with van der Waals surface area (Å²) in [5, 5.41) is 20.9. The van der Waals surface area contributed by atoms with Crippen molar-refractivity contribution in [2.24, 2.45) is 0 Å². The lowest BCUT2D eigenvalue weighted by atomic mass is 9.99. The van der Waals surface area contributed by atoms with Crippen LogP contribution < -0.4 is 5.06 Å². The van der Waals surface area contributed by atoms with Crippen LogP contribution in [-0.2, 0) is 6.42 Å². The van der Waals surface area contributed by atoms with E-state index in [0.29, 0.717) is 22.5 Å². The van der Waals surface area contributed by atoms with Gasteiger partial charge in [0.2, 0.25) is 0 Å². The number of aryl methyl sites for hydroxylation is 2. The first-order valence-electron chi connectivity index (χ1n) is 8.98. The summed E-state index contributed by atoms with van der Waals surface area (Å²) in [6.45, 7) is 4.00. The van der Waals surface area contributed by atoms with Gasteiger partial charge in [-0.05, 0) is 49.2 Å². The lowest BCUT2D eigenvalue weighted by molar-refractivity contribution is 0.0696. The van der Waals surface area contributed by atoms with Crippen molar-refractivity contribution in [2.45, 2.75) is 20.3 Å². The fraction of sp³-hybridized carbons (Fsp3) is 0.130. The Morgan fingerprint density at radius 1 is 0.893 bits per heavy atom. The Morgan fingerprint density at radius 2 is 1.54 bits per heavy atom. The van der Waals surface area contributed by atoms with Crippen molar-refractivity contribution in [2.75, 3.05) is 5.06 Å². The minimum absolute atomic E-state index is 0.112. The van der Waals surface area contributed by atoms with Gasteiger partial charge in [-0.15, -0.1) is 0 Å². The number of hydrogen-bond acceptors (Lipinski definition) is 4. The monoisotopic (exact) mass is 375 g/mol. The normalized spacial score (nSPS) is 10.5. The Kier molecular flexibility index (Phi) is 5.57. The highest BCUT2D eigenvalue weighted by Gasteiger charge is 2.19. The van der Waals surface area contributed by atoms with Gasteiger partial charge in [-0.1, -0.05) is 48.9 Å². The first kappa shape index (κ1) is 19.3. The molecule has 5 nitrogen and oxygen atoms in total. The number of hydrogen-bond donors (Lipinski definition) is 2. The molecule has 5 heteroatoms. The number of aromatic carboxylic acids is 1.